The first kappa shape index (κ1) is 21.4. The molecule has 2 amide bonds. The smallest absolute Gasteiger partial charge is 0.290 e. The van der Waals surface area contributed by atoms with E-state index in [-0.39, 0.29) is 17.6 Å². The van der Waals surface area contributed by atoms with Crippen molar-refractivity contribution in [2.45, 2.75) is 25.6 Å². The van der Waals surface area contributed by atoms with Gasteiger partial charge < -0.3 is 24.9 Å². The number of furan rings is 1. The second-order valence-electron chi connectivity index (χ2n) is 8.56. The van der Waals surface area contributed by atoms with Gasteiger partial charge in [0.15, 0.2) is 5.76 Å². The van der Waals surface area contributed by atoms with Crippen LogP contribution in [0.2, 0.25) is 0 Å². The molecule has 3 N–H and O–H groups in total. The van der Waals surface area contributed by atoms with Gasteiger partial charge in [0.25, 0.3) is 5.91 Å². The lowest BCUT2D eigenvalue weighted by Crippen LogP contribution is -2.52. The molecule has 0 saturated heterocycles. The fraction of sp³-hybridized carbons (Fsp3) is 0.192. The average molecular weight is 486 g/mol. The predicted octanol–water partition coefficient (Wildman–Crippen LogP) is 4.30. The lowest BCUT2D eigenvalue weighted by molar-refractivity contribution is -0.125. The Morgan fingerprint density at radius 3 is 3.00 bits per heavy atom. The van der Waals surface area contributed by atoms with Crippen LogP contribution in [0.3, 0.4) is 0 Å². The van der Waals surface area contributed by atoms with Crippen molar-refractivity contribution < 1.29 is 14.0 Å². The number of amides is 2. The van der Waals surface area contributed by atoms with Gasteiger partial charge >= 0.3 is 0 Å². The third-order valence-corrected chi connectivity index (χ3v) is 7.36. The highest BCUT2D eigenvalue weighted by Gasteiger charge is 2.38. The van der Waals surface area contributed by atoms with Gasteiger partial charge in [-0.15, -0.1) is 11.3 Å². The summed E-state index contributed by atoms with van der Waals surface area (Å²) in [6.45, 7) is 0.717. The van der Waals surface area contributed by atoms with Crippen LogP contribution < -0.4 is 10.6 Å². The molecular weight excluding hydrogens is 462 g/mol. The number of para-hydroxylation sites is 1. The molecule has 176 valence electrons. The molecule has 1 aliphatic rings. The minimum absolute atomic E-state index is 0.196. The first-order chi connectivity index (χ1) is 17.1. The van der Waals surface area contributed by atoms with Crippen LogP contribution in [-0.2, 0) is 24.3 Å². The lowest BCUT2D eigenvalue weighted by Gasteiger charge is -2.34. The number of rotatable bonds is 5. The molecule has 5 aromatic rings. The van der Waals surface area contributed by atoms with Crippen LogP contribution in [0, 0.1) is 0 Å². The first-order valence-corrected chi connectivity index (χ1v) is 12.2. The number of likely N-dealkylation sites (N-methyl/N-ethyl adjacent to an activating group) is 1. The van der Waals surface area contributed by atoms with Crippen LogP contribution in [0.25, 0.3) is 21.1 Å². The minimum Gasteiger partial charge on any atom is -0.459 e. The van der Waals surface area contributed by atoms with E-state index in [2.05, 4.69) is 20.6 Å². The molecule has 0 radical (unpaired) electrons. The predicted molar refractivity (Wildman–Crippen MR) is 135 cm³/mol. The van der Waals surface area contributed by atoms with Crippen LogP contribution >= 0.6 is 11.3 Å². The molecule has 0 aliphatic carbocycles. The molecule has 8 nitrogen and oxygen atoms in total. The first-order valence-electron chi connectivity index (χ1n) is 11.4. The van der Waals surface area contributed by atoms with E-state index in [1.807, 2.05) is 48.0 Å². The van der Waals surface area contributed by atoms with Crippen molar-refractivity contribution in [2.24, 2.45) is 0 Å². The number of H-pyrrole nitrogens is 1. The minimum atomic E-state index is -0.626. The van der Waals surface area contributed by atoms with E-state index < -0.39 is 6.04 Å². The molecule has 6 rings (SSSR count). The van der Waals surface area contributed by atoms with Crippen molar-refractivity contribution in [2.75, 3.05) is 12.4 Å². The van der Waals surface area contributed by atoms with Crippen LogP contribution in [-0.4, -0.2) is 39.8 Å². The molecule has 35 heavy (non-hydrogen) atoms. The molecular formula is C26H23N5O3S. The molecule has 1 aliphatic heterocycles. The second-order valence-corrected chi connectivity index (χ2v) is 9.44. The number of aromatic nitrogens is 2. The van der Waals surface area contributed by atoms with Crippen molar-refractivity contribution >= 4 is 50.0 Å². The molecule has 9 heteroatoms. The number of benzene rings is 2. The highest BCUT2D eigenvalue weighted by Crippen LogP contribution is 2.32. The summed E-state index contributed by atoms with van der Waals surface area (Å²) in [6.07, 6.45) is 1.96. The van der Waals surface area contributed by atoms with Crippen molar-refractivity contribution in [1.29, 1.82) is 0 Å². The quantitative estimate of drug-likeness (QED) is 0.345. The van der Waals surface area contributed by atoms with Crippen molar-refractivity contribution in [3.63, 3.8) is 0 Å². The van der Waals surface area contributed by atoms with E-state index in [0.717, 1.165) is 43.6 Å². The van der Waals surface area contributed by atoms with Crippen LogP contribution in [0.15, 0.2) is 64.7 Å². The zero-order valence-electron chi connectivity index (χ0n) is 19.0. The maximum Gasteiger partial charge on any atom is 0.290 e. The molecule has 4 heterocycles. The summed E-state index contributed by atoms with van der Waals surface area (Å²) >= 11 is 1.58. The third-order valence-electron chi connectivity index (χ3n) is 6.57. The number of hydrogen-bond acceptors (Lipinski definition) is 6. The molecule has 0 spiro atoms. The Morgan fingerprint density at radius 2 is 2.11 bits per heavy atom. The van der Waals surface area contributed by atoms with E-state index >= 15 is 0 Å². The Kier molecular flexibility index (Phi) is 5.26. The number of nitrogens with zero attached hydrogens (tertiary/aromatic N) is 2. The fourth-order valence-corrected chi connectivity index (χ4v) is 5.49. The Hall–Kier alpha value is -4.11. The van der Waals surface area contributed by atoms with Gasteiger partial charge in [-0.2, -0.15) is 0 Å². The SMILES string of the molecule is CNC(=O)[C@H]1Cc2c([nH]c3ccccc23)CN1C(=O)c1occc1CNc1ccc2ncsc2c1. The van der Waals surface area contributed by atoms with Crippen molar-refractivity contribution in [1.82, 2.24) is 20.2 Å². The number of carbonyl (C=O) groups is 2. The summed E-state index contributed by atoms with van der Waals surface area (Å²) < 4.78 is 6.75. The summed E-state index contributed by atoms with van der Waals surface area (Å²) in [5, 5.41) is 7.18. The Balaban J connectivity index is 1.28. The Labute approximate surface area is 205 Å². The van der Waals surface area contributed by atoms with E-state index in [4.69, 9.17) is 4.42 Å². The van der Waals surface area contributed by atoms with Gasteiger partial charge in [-0.3, -0.25) is 9.59 Å². The molecule has 2 aromatic carbocycles. The largest absolute Gasteiger partial charge is 0.459 e. The van der Waals surface area contributed by atoms with Crippen molar-refractivity contribution in [3.8, 4) is 0 Å². The van der Waals surface area contributed by atoms with Gasteiger partial charge in [0.1, 0.15) is 6.04 Å². The van der Waals surface area contributed by atoms with Crippen LogP contribution in [0.4, 0.5) is 5.69 Å². The number of hydrogen-bond donors (Lipinski definition) is 3. The van der Waals surface area contributed by atoms with Gasteiger partial charge in [-0.1, -0.05) is 18.2 Å². The summed E-state index contributed by atoms with van der Waals surface area (Å²) in [5.74, 6) is -0.259. The Bertz CT molecular complexity index is 1570. The number of carbonyl (C=O) groups excluding carboxylic acids is 2. The molecule has 0 fully saturated rings. The average Bonchev–Trinajstić information content (AvgIpc) is 3.63. The second kappa shape index (κ2) is 8.59. The van der Waals surface area contributed by atoms with Crippen molar-refractivity contribution in [3.05, 3.63) is 82.9 Å². The Morgan fingerprint density at radius 1 is 1.23 bits per heavy atom. The van der Waals surface area contributed by atoms with Gasteiger partial charge in [-0.05, 0) is 35.9 Å². The number of thiazole rings is 1. The standard InChI is InChI=1S/C26H23N5O3S/c1-27-25(32)22-11-18-17-4-2-3-5-19(17)30-21(18)13-31(22)26(33)24-15(8-9-34-24)12-28-16-6-7-20-23(10-16)35-14-29-20/h2-10,14,22,28,30H,11-13H2,1H3,(H,27,32)/t22-/m1/s1. The molecule has 0 unspecified atom stereocenters. The molecule has 1 atom stereocenters. The van der Waals surface area contributed by atoms with Gasteiger partial charge in [0, 0.05) is 47.9 Å². The number of nitrogens with one attached hydrogen (secondary N) is 3. The third kappa shape index (κ3) is 3.74. The maximum atomic E-state index is 13.7. The lowest BCUT2D eigenvalue weighted by atomic mass is 9.95. The summed E-state index contributed by atoms with van der Waals surface area (Å²) in [4.78, 5) is 35.9. The number of anilines is 1. The zero-order chi connectivity index (χ0) is 23.9. The molecule has 0 saturated carbocycles. The number of aromatic amines is 1. The van der Waals surface area contributed by atoms with E-state index in [1.165, 1.54) is 6.26 Å². The summed E-state index contributed by atoms with van der Waals surface area (Å²) in [7, 11) is 1.60. The van der Waals surface area contributed by atoms with Gasteiger partial charge in [0.05, 0.1) is 28.5 Å². The monoisotopic (exact) mass is 485 g/mol. The fourth-order valence-electron chi connectivity index (χ4n) is 4.78. The molecule has 3 aromatic heterocycles. The summed E-state index contributed by atoms with van der Waals surface area (Å²) in [6, 6.07) is 15.1. The van der Waals surface area contributed by atoms with E-state index in [9.17, 15) is 9.59 Å². The zero-order valence-corrected chi connectivity index (χ0v) is 19.8. The topological polar surface area (TPSA) is 103 Å². The molecule has 0 bridgehead atoms. The van der Waals surface area contributed by atoms with E-state index in [1.54, 1.807) is 29.4 Å². The van der Waals surface area contributed by atoms with E-state index in [0.29, 0.717) is 19.5 Å². The normalized spacial score (nSPS) is 15.3. The highest BCUT2D eigenvalue weighted by atomic mass is 32.1. The maximum absolute atomic E-state index is 13.7. The van der Waals surface area contributed by atoms with Gasteiger partial charge in [-0.25, -0.2) is 4.98 Å². The van der Waals surface area contributed by atoms with Crippen LogP contribution in [0.1, 0.15) is 27.4 Å². The highest BCUT2D eigenvalue weighted by molar-refractivity contribution is 7.16. The van der Waals surface area contributed by atoms with Crippen LogP contribution in [0.5, 0.6) is 0 Å². The number of fused-ring (bicyclic) bond motifs is 4. The van der Waals surface area contributed by atoms with Gasteiger partial charge in [0.2, 0.25) is 5.91 Å². The summed E-state index contributed by atoms with van der Waals surface area (Å²) in [5.41, 5.74) is 7.48.